The van der Waals surface area contributed by atoms with Gasteiger partial charge in [-0.15, -0.1) is 0 Å². The summed E-state index contributed by atoms with van der Waals surface area (Å²) in [6.45, 7) is 0. The molecule has 0 N–H and O–H groups in total. The van der Waals surface area contributed by atoms with E-state index in [2.05, 4.69) is 39.1 Å². The standard InChI is InChI=1S/C24H21BrN2O3/c1-28-22-11-10-16(13-23(22)29-2)24-27-20(18-8-3-4-9-21(18)30-24)14-19(26-27)15-6-5-7-17(25)12-15/h3-13,20,24H,14H2,1-2H3/t20-,24+/m1/s1. The average Bonchev–Trinajstić information content (AvgIpc) is 3.24. The Morgan fingerprint density at radius 2 is 1.80 bits per heavy atom. The molecule has 152 valence electrons. The Morgan fingerprint density at radius 1 is 0.967 bits per heavy atom. The number of hydrogen-bond donors (Lipinski definition) is 0. The fraction of sp³-hybridized carbons (Fsp3) is 0.208. The normalized spacial score (nSPS) is 19.4. The zero-order valence-electron chi connectivity index (χ0n) is 16.7. The molecule has 2 heterocycles. The van der Waals surface area contributed by atoms with Gasteiger partial charge in [-0.05, 0) is 42.0 Å². The van der Waals surface area contributed by atoms with Crippen molar-refractivity contribution in [2.24, 2.45) is 5.10 Å². The minimum atomic E-state index is -0.352. The van der Waals surface area contributed by atoms with E-state index in [-0.39, 0.29) is 12.3 Å². The smallest absolute Gasteiger partial charge is 0.214 e. The van der Waals surface area contributed by atoms with Gasteiger partial charge in [-0.25, -0.2) is 5.01 Å². The van der Waals surface area contributed by atoms with Gasteiger partial charge in [-0.1, -0.05) is 46.3 Å². The van der Waals surface area contributed by atoms with E-state index >= 15 is 0 Å². The highest BCUT2D eigenvalue weighted by Crippen LogP contribution is 2.48. The third-order valence-corrected chi connectivity index (χ3v) is 6.04. The summed E-state index contributed by atoms with van der Waals surface area (Å²) in [5.41, 5.74) is 4.28. The molecule has 6 heteroatoms. The molecule has 0 fully saturated rings. The van der Waals surface area contributed by atoms with Crippen molar-refractivity contribution in [3.05, 3.63) is 87.9 Å². The first kappa shape index (κ1) is 19.0. The second kappa shape index (κ2) is 7.69. The Labute approximate surface area is 184 Å². The molecular weight excluding hydrogens is 444 g/mol. The number of halogens is 1. The molecule has 0 saturated heterocycles. The summed E-state index contributed by atoms with van der Waals surface area (Å²) in [7, 11) is 3.27. The lowest BCUT2D eigenvalue weighted by molar-refractivity contribution is -0.0191. The van der Waals surface area contributed by atoms with Crippen molar-refractivity contribution in [1.82, 2.24) is 5.01 Å². The third-order valence-electron chi connectivity index (χ3n) is 5.55. The van der Waals surface area contributed by atoms with Crippen LogP contribution in [-0.2, 0) is 0 Å². The monoisotopic (exact) mass is 464 g/mol. The number of fused-ring (bicyclic) bond motifs is 3. The van der Waals surface area contributed by atoms with Crippen molar-refractivity contribution in [3.8, 4) is 17.2 Å². The maximum Gasteiger partial charge on any atom is 0.214 e. The number of methoxy groups -OCH3 is 2. The van der Waals surface area contributed by atoms with Gasteiger partial charge in [0.2, 0.25) is 6.23 Å². The Morgan fingerprint density at radius 3 is 2.60 bits per heavy atom. The molecule has 2 aliphatic rings. The van der Waals surface area contributed by atoms with E-state index in [9.17, 15) is 0 Å². The van der Waals surface area contributed by atoms with E-state index in [1.54, 1.807) is 14.2 Å². The summed E-state index contributed by atoms with van der Waals surface area (Å²) in [5.74, 6) is 2.25. The van der Waals surface area contributed by atoms with Crippen LogP contribution in [0.3, 0.4) is 0 Å². The lowest BCUT2D eigenvalue weighted by atomic mass is 9.96. The van der Waals surface area contributed by atoms with Crippen LogP contribution in [0.5, 0.6) is 17.2 Å². The molecular formula is C24H21BrN2O3. The number of nitrogens with zero attached hydrogens (tertiary/aromatic N) is 2. The topological polar surface area (TPSA) is 43.3 Å². The lowest BCUT2D eigenvalue weighted by Crippen LogP contribution is -2.33. The molecule has 0 aromatic heterocycles. The van der Waals surface area contributed by atoms with E-state index in [1.165, 1.54) is 0 Å². The second-order valence-electron chi connectivity index (χ2n) is 7.28. The highest BCUT2D eigenvalue weighted by atomic mass is 79.9. The molecule has 0 unspecified atom stereocenters. The lowest BCUT2D eigenvalue weighted by Gasteiger charge is -2.38. The van der Waals surface area contributed by atoms with Crippen LogP contribution >= 0.6 is 15.9 Å². The fourth-order valence-electron chi connectivity index (χ4n) is 4.10. The van der Waals surface area contributed by atoms with Gasteiger partial charge in [0.05, 0.1) is 26.0 Å². The SMILES string of the molecule is COc1ccc([C@@H]2Oc3ccccc3[C@H]3CC(c4cccc(Br)c4)=NN32)cc1OC. The van der Waals surface area contributed by atoms with Crippen molar-refractivity contribution >= 4 is 21.6 Å². The number of hydrogen-bond acceptors (Lipinski definition) is 5. The van der Waals surface area contributed by atoms with Crippen LogP contribution in [0, 0.1) is 0 Å². The molecule has 5 rings (SSSR count). The van der Waals surface area contributed by atoms with Crippen molar-refractivity contribution in [2.45, 2.75) is 18.7 Å². The molecule has 0 saturated carbocycles. The quantitative estimate of drug-likeness (QED) is 0.495. The van der Waals surface area contributed by atoms with Crippen LogP contribution in [0.15, 0.2) is 76.3 Å². The largest absolute Gasteiger partial charge is 0.493 e. The molecule has 2 aliphatic heterocycles. The van der Waals surface area contributed by atoms with E-state index in [4.69, 9.17) is 19.3 Å². The molecule has 0 spiro atoms. The first-order valence-corrected chi connectivity index (χ1v) is 10.6. The van der Waals surface area contributed by atoms with Crippen LogP contribution in [0.1, 0.15) is 35.4 Å². The molecule has 30 heavy (non-hydrogen) atoms. The first-order valence-electron chi connectivity index (χ1n) is 9.77. The van der Waals surface area contributed by atoms with Gasteiger partial charge < -0.3 is 14.2 Å². The predicted octanol–water partition coefficient (Wildman–Crippen LogP) is 5.71. The summed E-state index contributed by atoms with van der Waals surface area (Å²) in [6.07, 6.45) is 0.468. The molecule has 2 atom stereocenters. The van der Waals surface area contributed by atoms with E-state index in [1.807, 2.05) is 48.5 Å². The zero-order valence-corrected chi connectivity index (χ0v) is 18.3. The molecule has 3 aromatic rings. The van der Waals surface area contributed by atoms with Gasteiger partial charge in [0.1, 0.15) is 5.75 Å². The van der Waals surface area contributed by atoms with Gasteiger partial charge in [0.25, 0.3) is 0 Å². The van der Waals surface area contributed by atoms with E-state index in [0.717, 1.165) is 39.0 Å². The van der Waals surface area contributed by atoms with Gasteiger partial charge >= 0.3 is 0 Å². The summed E-state index contributed by atoms with van der Waals surface area (Å²) in [6, 6.07) is 22.4. The molecule has 3 aromatic carbocycles. The Kier molecular flexibility index (Phi) is 4.87. The second-order valence-corrected chi connectivity index (χ2v) is 8.20. The molecule has 0 amide bonds. The average molecular weight is 465 g/mol. The maximum atomic E-state index is 6.43. The molecule has 5 nitrogen and oxygen atoms in total. The number of rotatable bonds is 4. The van der Waals surface area contributed by atoms with Crippen LogP contribution < -0.4 is 14.2 Å². The summed E-state index contributed by atoms with van der Waals surface area (Å²) < 4.78 is 18.4. The van der Waals surface area contributed by atoms with Crippen LogP contribution in [0.4, 0.5) is 0 Å². The molecule has 0 aliphatic carbocycles. The minimum Gasteiger partial charge on any atom is -0.493 e. The Hall–Kier alpha value is -2.99. The number of benzene rings is 3. The Balaban J connectivity index is 1.59. The van der Waals surface area contributed by atoms with Gasteiger partial charge in [-0.3, -0.25) is 0 Å². The molecule has 0 bridgehead atoms. The van der Waals surface area contributed by atoms with Crippen LogP contribution in [-0.4, -0.2) is 24.9 Å². The van der Waals surface area contributed by atoms with Crippen LogP contribution in [0.2, 0.25) is 0 Å². The third kappa shape index (κ3) is 3.21. The first-order chi connectivity index (χ1) is 14.7. The van der Waals surface area contributed by atoms with Gasteiger partial charge in [0, 0.05) is 22.0 Å². The summed E-state index contributed by atoms with van der Waals surface area (Å²) >= 11 is 3.57. The van der Waals surface area contributed by atoms with Crippen LogP contribution in [0.25, 0.3) is 0 Å². The predicted molar refractivity (Wildman–Crippen MR) is 119 cm³/mol. The highest BCUT2D eigenvalue weighted by Gasteiger charge is 2.41. The Bertz CT molecular complexity index is 1130. The van der Waals surface area contributed by atoms with Crippen molar-refractivity contribution in [1.29, 1.82) is 0 Å². The summed E-state index contributed by atoms with van der Waals surface area (Å²) in [4.78, 5) is 0. The van der Waals surface area contributed by atoms with Crippen molar-refractivity contribution in [2.75, 3.05) is 14.2 Å². The van der Waals surface area contributed by atoms with E-state index < -0.39 is 0 Å². The minimum absolute atomic E-state index is 0.113. The molecule has 0 radical (unpaired) electrons. The van der Waals surface area contributed by atoms with Gasteiger partial charge in [0.15, 0.2) is 11.5 Å². The van der Waals surface area contributed by atoms with Crippen molar-refractivity contribution in [3.63, 3.8) is 0 Å². The highest BCUT2D eigenvalue weighted by molar-refractivity contribution is 9.10. The number of para-hydroxylation sites is 1. The number of hydrazone groups is 1. The maximum absolute atomic E-state index is 6.43. The van der Waals surface area contributed by atoms with E-state index in [0.29, 0.717) is 11.5 Å². The fourth-order valence-corrected chi connectivity index (χ4v) is 4.50. The summed E-state index contributed by atoms with van der Waals surface area (Å²) in [5, 5.41) is 7.08. The van der Waals surface area contributed by atoms with Crippen molar-refractivity contribution < 1.29 is 14.2 Å². The number of ether oxygens (including phenoxy) is 3. The van der Waals surface area contributed by atoms with Gasteiger partial charge in [-0.2, -0.15) is 5.10 Å². The zero-order chi connectivity index (χ0) is 20.7.